The quantitative estimate of drug-likeness (QED) is 0.777. The van der Waals surface area contributed by atoms with Gasteiger partial charge in [-0.05, 0) is 24.6 Å². The average molecular weight is 317 g/mol. The lowest BCUT2D eigenvalue weighted by atomic mass is 10.1. The molecular formula is C18H27N3O2. The highest BCUT2D eigenvalue weighted by molar-refractivity contribution is 5.78. The summed E-state index contributed by atoms with van der Waals surface area (Å²) in [6.45, 7) is 10.6. The summed E-state index contributed by atoms with van der Waals surface area (Å²) in [7, 11) is 1.69. The molecule has 2 rings (SSSR count). The number of hydrogen-bond donors (Lipinski definition) is 1. The molecule has 0 aromatic heterocycles. The van der Waals surface area contributed by atoms with Gasteiger partial charge in [0.1, 0.15) is 5.75 Å². The molecule has 5 heteroatoms. The van der Waals surface area contributed by atoms with Gasteiger partial charge in [-0.15, -0.1) is 6.58 Å². The van der Waals surface area contributed by atoms with Crippen molar-refractivity contribution in [2.75, 3.05) is 46.4 Å². The second kappa shape index (κ2) is 8.70. The fourth-order valence-electron chi connectivity index (χ4n) is 2.87. The van der Waals surface area contributed by atoms with Gasteiger partial charge < -0.3 is 10.1 Å². The second-order valence-electron chi connectivity index (χ2n) is 5.86. The number of benzene rings is 1. The van der Waals surface area contributed by atoms with Gasteiger partial charge >= 0.3 is 0 Å². The maximum Gasteiger partial charge on any atom is 0.234 e. The molecule has 1 atom stereocenters. The van der Waals surface area contributed by atoms with Gasteiger partial charge in [-0.3, -0.25) is 14.6 Å². The van der Waals surface area contributed by atoms with Crippen LogP contribution in [0.5, 0.6) is 5.75 Å². The van der Waals surface area contributed by atoms with Crippen LogP contribution in [0.25, 0.3) is 0 Å². The van der Waals surface area contributed by atoms with Crippen molar-refractivity contribution in [3.63, 3.8) is 0 Å². The van der Waals surface area contributed by atoms with E-state index in [1.54, 1.807) is 13.2 Å². The fourth-order valence-corrected chi connectivity index (χ4v) is 2.87. The zero-order chi connectivity index (χ0) is 16.7. The van der Waals surface area contributed by atoms with Crippen molar-refractivity contribution in [3.8, 4) is 5.75 Å². The number of ether oxygens (including phenoxy) is 1. The molecule has 126 valence electrons. The fraction of sp³-hybridized carbons (Fsp3) is 0.500. The van der Waals surface area contributed by atoms with Crippen LogP contribution in [-0.4, -0.2) is 62.1 Å². The van der Waals surface area contributed by atoms with Crippen molar-refractivity contribution >= 4 is 5.91 Å². The number of nitrogens with zero attached hydrogens (tertiary/aromatic N) is 2. The number of methoxy groups -OCH3 is 1. The van der Waals surface area contributed by atoms with Crippen molar-refractivity contribution in [2.24, 2.45) is 0 Å². The van der Waals surface area contributed by atoms with E-state index in [1.807, 2.05) is 12.1 Å². The maximum atomic E-state index is 11.7. The summed E-state index contributed by atoms with van der Waals surface area (Å²) >= 11 is 0. The molecule has 0 bridgehead atoms. The molecule has 1 N–H and O–H groups in total. The number of hydrogen-bond acceptors (Lipinski definition) is 4. The lowest BCUT2D eigenvalue weighted by Crippen LogP contribution is -2.49. The van der Waals surface area contributed by atoms with Gasteiger partial charge in [0.05, 0.1) is 13.7 Å². The van der Waals surface area contributed by atoms with Gasteiger partial charge in [-0.1, -0.05) is 18.2 Å². The molecule has 5 nitrogen and oxygen atoms in total. The van der Waals surface area contributed by atoms with Gasteiger partial charge in [0.2, 0.25) is 5.91 Å². The minimum atomic E-state index is 0.0687. The molecule has 0 spiro atoms. The van der Waals surface area contributed by atoms with Crippen LogP contribution in [0.4, 0.5) is 0 Å². The highest BCUT2D eigenvalue weighted by Crippen LogP contribution is 2.24. The van der Waals surface area contributed by atoms with E-state index >= 15 is 0 Å². The summed E-state index contributed by atoms with van der Waals surface area (Å²) in [5, 5.41) is 2.83. The van der Waals surface area contributed by atoms with Gasteiger partial charge in [-0.25, -0.2) is 0 Å². The lowest BCUT2D eigenvalue weighted by molar-refractivity contribution is -0.122. The standard InChI is InChI=1S/C18H27N3O2/c1-4-8-19-18(22)14-20-9-11-21(12-10-20)15(2)16-6-5-7-17(13-16)23-3/h4-7,13,15H,1,8-12,14H2,2-3H3,(H,19,22)/t15-/m0/s1. The van der Waals surface area contributed by atoms with E-state index in [0.717, 1.165) is 31.9 Å². The molecule has 1 fully saturated rings. The Morgan fingerprint density at radius 3 is 2.78 bits per heavy atom. The summed E-state index contributed by atoms with van der Waals surface area (Å²) in [5.41, 5.74) is 1.27. The molecule has 1 heterocycles. The van der Waals surface area contributed by atoms with E-state index in [2.05, 4.69) is 40.8 Å². The van der Waals surface area contributed by atoms with Crippen molar-refractivity contribution in [2.45, 2.75) is 13.0 Å². The third-order valence-corrected chi connectivity index (χ3v) is 4.34. The molecule has 0 saturated carbocycles. The van der Waals surface area contributed by atoms with Crippen molar-refractivity contribution in [3.05, 3.63) is 42.5 Å². The van der Waals surface area contributed by atoms with Crippen LogP contribution >= 0.6 is 0 Å². The van der Waals surface area contributed by atoms with E-state index in [9.17, 15) is 4.79 Å². The van der Waals surface area contributed by atoms with E-state index in [4.69, 9.17) is 4.74 Å². The predicted octanol–water partition coefficient (Wildman–Crippen LogP) is 1.68. The number of nitrogens with one attached hydrogen (secondary N) is 1. The van der Waals surface area contributed by atoms with Crippen molar-refractivity contribution < 1.29 is 9.53 Å². The molecule has 1 saturated heterocycles. The molecule has 0 aliphatic carbocycles. The highest BCUT2D eigenvalue weighted by Gasteiger charge is 2.23. The summed E-state index contributed by atoms with van der Waals surface area (Å²) < 4.78 is 5.31. The Morgan fingerprint density at radius 2 is 2.13 bits per heavy atom. The van der Waals surface area contributed by atoms with Crippen LogP contribution in [0.1, 0.15) is 18.5 Å². The monoisotopic (exact) mass is 317 g/mol. The molecule has 1 amide bonds. The molecule has 1 aliphatic rings. The predicted molar refractivity (Wildman–Crippen MR) is 92.6 cm³/mol. The Labute approximate surface area is 138 Å². The van der Waals surface area contributed by atoms with Gasteiger partial charge in [0.25, 0.3) is 0 Å². The normalized spacial score (nSPS) is 17.5. The van der Waals surface area contributed by atoms with E-state index < -0.39 is 0 Å². The minimum absolute atomic E-state index is 0.0687. The zero-order valence-electron chi connectivity index (χ0n) is 14.1. The summed E-state index contributed by atoms with van der Waals surface area (Å²) in [4.78, 5) is 16.4. The molecule has 1 aromatic rings. The third-order valence-electron chi connectivity index (χ3n) is 4.34. The average Bonchev–Trinajstić information content (AvgIpc) is 2.60. The first-order valence-electron chi connectivity index (χ1n) is 8.12. The molecule has 0 radical (unpaired) electrons. The molecule has 0 unspecified atom stereocenters. The number of carbonyl (C=O) groups is 1. The Hall–Kier alpha value is -1.85. The van der Waals surface area contributed by atoms with Gasteiger partial charge in [0, 0.05) is 38.8 Å². The smallest absolute Gasteiger partial charge is 0.234 e. The molecule has 1 aliphatic heterocycles. The van der Waals surface area contributed by atoms with Crippen LogP contribution in [0.3, 0.4) is 0 Å². The Bertz CT molecular complexity index is 525. The Kier molecular flexibility index (Phi) is 6.62. The summed E-state index contributed by atoms with van der Waals surface area (Å²) in [6.07, 6.45) is 1.70. The van der Waals surface area contributed by atoms with Gasteiger partial charge in [-0.2, -0.15) is 0 Å². The van der Waals surface area contributed by atoms with Crippen LogP contribution < -0.4 is 10.1 Å². The number of rotatable bonds is 7. The first-order chi connectivity index (χ1) is 11.1. The summed E-state index contributed by atoms with van der Waals surface area (Å²) in [6, 6.07) is 8.59. The van der Waals surface area contributed by atoms with E-state index in [-0.39, 0.29) is 5.91 Å². The first kappa shape index (κ1) is 17.5. The van der Waals surface area contributed by atoms with Gasteiger partial charge in [0.15, 0.2) is 0 Å². The number of piperazine rings is 1. The SMILES string of the molecule is C=CCNC(=O)CN1CCN([C@@H](C)c2cccc(OC)c2)CC1. The summed E-state index contributed by atoms with van der Waals surface area (Å²) in [5.74, 6) is 0.964. The largest absolute Gasteiger partial charge is 0.497 e. The Balaban J connectivity index is 1.83. The minimum Gasteiger partial charge on any atom is -0.497 e. The van der Waals surface area contributed by atoms with E-state index in [1.165, 1.54) is 5.56 Å². The van der Waals surface area contributed by atoms with Crippen LogP contribution in [0.15, 0.2) is 36.9 Å². The molecule has 1 aromatic carbocycles. The maximum absolute atomic E-state index is 11.7. The van der Waals surface area contributed by atoms with Crippen molar-refractivity contribution in [1.29, 1.82) is 0 Å². The number of carbonyl (C=O) groups excluding carboxylic acids is 1. The Morgan fingerprint density at radius 1 is 1.39 bits per heavy atom. The molecular weight excluding hydrogens is 290 g/mol. The topological polar surface area (TPSA) is 44.8 Å². The highest BCUT2D eigenvalue weighted by atomic mass is 16.5. The molecule has 23 heavy (non-hydrogen) atoms. The lowest BCUT2D eigenvalue weighted by Gasteiger charge is -2.38. The zero-order valence-corrected chi connectivity index (χ0v) is 14.1. The number of amides is 1. The first-order valence-corrected chi connectivity index (χ1v) is 8.12. The van der Waals surface area contributed by atoms with E-state index in [0.29, 0.717) is 19.1 Å². The van der Waals surface area contributed by atoms with Crippen LogP contribution in [0.2, 0.25) is 0 Å². The van der Waals surface area contributed by atoms with Crippen molar-refractivity contribution in [1.82, 2.24) is 15.1 Å². The van der Waals surface area contributed by atoms with Crippen LogP contribution in [0, 0.1) is 0 Å². The second-order valence-corrected chi connectivity index (χ2v) is 5.86. The van der Waals surface area contributed by atoms with Crippen LogP contribution in [-0.2, 0) is 4.79 Å². The third kappa shape index (κ3) is 5.08.